The number of benzene rings is 5. The van der Waals surface area contributed by atoms with E-state index in [9.17, 15) is 5.11 Å². The van der Waals surface area contributed by atoms with E-state index in [4.69, 9.17) is 14.4 Å². The molecule has 36 heavy (non-hydrogen) atoms. The molecule has 2 heterocycles. The summed E-state index contributed by atoms with van der Waals surface area (Å²) >= 11 is 0. The van der Waals surface area contributed by atoms with Crippen LogP contribution >= 0.6 is 0 Å². The van der Waals surface area contributed by atoms with Crippen molar-refractivity contribution in [1.29, 1.82) is 0 Å². The number of pyridine rings is 1. The van der Waals surface area contributed by atoms with E-state index in [0.717, 1.165) is 49.4 Å². The van der Waals surface area contributed by atoms with Crippen molar-refractivity contribution in [1.82, 2.24) is 9.97 Å². The lowest BCUT2D eigenvalue weighted by atomic mass is 9.93. The van der Waals surface area contributed by atoms with E-state index >= 15 is 0 Å². The number of fused-ring (bicyclic) bond motifs is 3. The van der Waals surface area contributed by atoms with Crippen LogP contribution in [0, 0.1) is 0 Å². The van der Waals surface area contributed by atoms with E-state index in [1.807, 2.05) is 48.7 Å². The molecule has 0 aliphatic carbocycles. The molecule has 4 nitrogen and oxygen atoms in total. The van der Waals surface area contributed by atoms with Crippen molar-refractivity contribution < 1.29 is 9.52 Å². The van der Waals surface area contributed by atoms with Crippen molar-refractivity contribution in [2.75, 3.05) is 0 Å². The van der Waals surface area contributed by atoms with Gasteiger partial charge in [-0.3, -0.25) is 4.98 Å². The van der Waals surface area contributed by atoms with Gasteiger partial charge >= 0.3 is 0 Å². The van der Waals surface area contributed by atoms with Crippen molar-refractivity contribution in [3.8, 4) is 39.6 Å². The Kier molecular flexibility index (Phi) is 4.57. The molecule has 0 fully saturated rings. The fraction of sp³-hybridized carbons (Fsp3) is 0. The first kappa shape index (κ1) is 20.4. The van der Waals surface area contributed by atoms with Gasteiger partial charge in [-0.25, -0.2) is 4.98 Å². The van der Waals surface area contributed by atoms with Crippen LogP contribution in [0.25, 0.3) is 66.5 Å². The summed E-state index contributed by atoms with van der Waals surface area (Å²) in [4.78, 5) is 9.61. The van der Waals surface area contributed by atoms with Crippen LogP contribution in [0.4, 0.5) is 0 Å². The van der Waals surface area contributed by atoms with Gasteiger partial charge in [-0.2, -0.15) is 0 Å². The van der Waals surface area contributed by atoms with Gasteiger partial charge in [0.1, 0.15) is 11.3 Å². The van der Waals surface area contributed by atoms with Gasteiger partial charge in [-0.1, -0.05) is 72.8 Å². The molecule has 170 valence electrons. The summed E-state index contributed by atoms with van der Waals surface area (Å²) in [7, 11) is 0. The SMILES string of the molecule is Oc1ccccc1-c1nc2c(-c3cc(-c4nccc5ccccc45)cc4ccccc34)cccc2o1. The smallest absolute Gasteiger partial charge is 0.231 e. The van der Waals surface area contributed by atoms with Gasteiger partial charge in [-0.05, 0) is 58.1 Å². The third kappa shape index (κ3) is 3.23. The van der Waals surface area contributed by atoms with Crippen molar-refractivity contribution >= 4 is 32.6 Å². The first-order valence-corrected chi connectivity index (χ1v) is 11.8. The van der Waals surface area contributed by atoms with E-state index < -0.39 is 0 Å². The Morgan fingerprint density at radius 1 is 0.611 bits per heavy atom. The van der Waals surface area contributed by atoms with E-state index in [1.54, 1.807) is 12.1 Å². The molecule has 2 aromatic heterocycles. The molecule has 7 rings (SSSR count). The highest BCUT2D eigenvalue weighted by atomic mass is 16.3. The molecule has 0 bridgehead atoms. The third-order valence-corrected chi connectivity index (χ3v) is 6.65. The third-order valence-electron chi connectivity index (χ3n) is 6.65. The average molecular weight is 465 g/mol. The average Bonchev–Trinajstić information content (AvgIpc) is 3.37. The van der Waals surface area contributed by atoms with Gasteiger partial charge in [0.25, 0.3) is 0 Å². The number of phenolic OH excluding ortho intramolecular Hbond substituents is 1. The number of hydrogen-bond donors (Lipinski definition) is 1. The molecular formula is C32H20N2O2. The standard InChI is InChI=1S/C32H20N2O2/c35-28-14-6-5-12-26(28)32-34-31-25(13-7-15-29(31)36-32)27-19-22(18-21-9-2-3-10-23(21)27)30-24-11-4-1-8-20(24)16-17-33-30/h1-19,35H. The normalized spacial score (nSPS) is 11.4. The number of aromatic nitrogens is 2. The summed E-state index contributed by atoms with van der Waals surface area (Å²) in [6.45, 7) is 0. The zero-order chi connectivity index (χ0) is 24.1. The van der Waals surface area contributed by atoms with Crippen LogP contribution in [-0.4, -0.2) is 15.1 Å². The Morgan fingerprint density at radius 3 is 2.25 bits per heavy atom. The molecule has 4 heteroatoms. The first-order valence-electron chi connectivity index (χ1n) is 11.8. The molecule has 0 radical (unpaired) electrons. The summed E-state index contributed by atoms with van der Waals surface area (Å²) in [6, 6.07) is 36.2. The molecular weight excluding hydrogens is 444 g/mol. The minimum Gasteiger partial charge on any atom is -0.507 e. The highest BCUT2D eigenvalue weighted by Gasteiger charge is 2.17. The van der Waals surface area contributed by atoms with Crippen LogP contribution in [0.15, 0.2) is 120 Å². The van der Waals surface area contributed by atoms with Crippen molar-refractivity contribution in [2.45, 2.75) is 0 Å². The van der Waals surface area contributed by atoms with Gasteiger partial charge in [0, 0.05) is 22.7 Å². The zero-order valence-electron chi connectivity index (χ0n) is 19.2. The van der Waals surface area contributed by atoms with Crippen LogP contribution in [0.3, 0.4) is 0 Å². The molecule has 0 aliphatic heterocycles. The minimum absolute atomic E-state index is 0.139. The van der Waals surface area contributed by atoms with E-state index in [2.05, 4.69) is 54.6 Å². The number of oxazole rings is 1. The largest absolute Gasteiger partial charge is 0.507 e. The number of hydrogen-bond acceptors (Lipinski definition) is 4. The number of aromatic hydroxyl groups is 1. The lowest BCUT2D eigenvalue weighted by molar-refractivity contribution is 0.474. The molecule has 0 aliphatic rings. The van der Waals surface area contributed by atoms with E-state index in [-0.39, 0.29) is 5.75 Å². The second-order valence-electron chi connectivity index (χ2n) is 8.81. The molecule has 0 unspecified atom stereocenters. The Labute approximate surface area is 207 Å². The maximum absolute atomic E-state index is 10.4. The Morgan fingerprint density at radius 2 is 1.36 bits per heavy atom. The Bertz CT molecular complexity index is 1910. The molecule has 0 spiro atoms. The second kappa shape index (κ2) is 8.07. The monoisotopic (exact) mass is 464 g/mol. The predicted octanol–water partition coefficient (Wildman–Crippen LogP) is 8.24. The molecule has 7 aromatic rings. The maximum Gasteiger partial charge on any atom is 0.231 e. The zero-order valence-corrected chi connectivity index (χ0v) is 19.2. The summed E-state index contributed by atoms with van der Waals surface area (Å²) in [6.07, 6.45) is 1.86. The van der Waals surface area contributed by atoms with Gasteiger partial charge in [0.15, 0.2) is 5.58 Å². The van der Waals surface area contributed by atoms with E-state index in [1.165, 1.54) is 0 Å². The maximum atomic E-state index is 10.4. The van der Waals surface area contributed by atoms with Crippen molar-refractivity contribution in [2.24, 2.45) is 0 Å². The van der Waals surface area contributed by atoms with Crippen LogP contribution in [0.2, 0.25) is 0 Å². The first-order chi connectivity index (χ1) is 17.8. The Balaban J connectivity index is 1.50. The van der Waals surface area contributed by atoms with Crippen LogP contribution in [-0.2, 0) is 0 Å². The molecule has 0 amide bonds. The number of phenols is 1. The lowest BCUT2D eigenvalue weighted by Crippen LogP contribution is -1.90. The van der Waals surface area contributed by atoms with E-state index in [0.29, 0.717) is 17.0 Å². The summed E-state index contributed by atoms with van der Waals surface area (Å²) in [5, 5.41) is 14.9. The predicted molar refractivity (Wildman–Crippen MR) is 145 cm³/mol. The van der Waals surface area contributed by atoms with Crippen molar-refractivity contribution in [3.05, 3.63) is 115 Å². The van der Waals surface area contributed by atoms with Gasteiger partial charge < -0.3 is 9.52 Å². The van der Waals surface area contributed by atoms with Gasteiger partial charge in [0.2, 0.25) is 5.89 Å². The highest BCUT2D eigenvalue weighted by Crippen LogP contribution is 2.40. The lowest BCUT2D eigenvalue weighted by Gasteiger charge is -2.12. The molecule has 5 aromatic carbocycles. The molecule has 0 saturated heterocycles. The summed E-state index contributed by atoms with van der Waals surface area (Å²) in [5.41, 5.74) is 6.01. The second-order valence-corrected chi connectivity index (χ2v) is 8.81. The van der Waals surface area contributed by atoms with Gasteiger partial charge in [0.05, 0.1) is 11.3 Å². The number of nitrogens with zero attached hydrogens (tertiary/aromatic N) is 2. The molecule has 1 N–H and O–H groups in total. The van der Waals surface area contributed by atoms with Gasteiger partial charge in [-0.15, -0.1) is 0 Å². The van der Waals surface area contributed by atoms with Crippen LogP contribution in [0.5, 0.6) is 5.75 Å². The quantitative estimate of drug-likeness (QED) is 0.286. The highest BCUT2D eigenvalue weighted by molar-refractivity contribution is 6.07. The fourth-order valence-corrected chi connectivity index (χ4v) is 4.96. The number of rotatable bonds is 3. The van der Waals surface area contributed by atoms with Crippen LogP contribution in [0.1, 0.15) is 0 Å². The summed E-state index contributed by atoms with van der Waals surface area (Å²) < 4.78 is 6.10. The van der Waals surface area contributed by atoms with Crippen molar-refractivity contribution in [3.63, 3.8) is 0 Å². The molecule has 0 saturated carbocycles. The topological polar surface area (TPSA) is 59.2 Å². The Hall–Kier alpha value is -4.96. The number of para-hydroxylation sites is 2. The fourth-order valence-electron chi connectivity index (χ4n) is 4.96. The van der Waals surface area contributed by atoms with Crippen LogP contribution < -0.4 is 0 Å². The molecule has 0 atom stereocenters. The summed E-state index contributed by atoms with van der Waals surface area (Å²) in [5.74, 6) is 0.534. The minimum atomic E-state index is 0.139.